The van der Waals surface area contributed by atoms with E-state index in [2.05, 4.69) is 11.2 Å². The van der Waals surface area contributed by atoms with E-state index in [-0.39, 0.29) is 0 Å². The minimum atomic E-state index is -0.678. The van der Waals surface area contributed by atoms with Crippen LogP contribution in [-0.4, -0.2) is 32.8 Å². The maximum Gasteiger partial charge on any atom is 0.0939 e. The quantitative estimate of drug-likeness (QED) is 0.576. The summed E-state index contributed by atoms with van der Waals surface area (Å²) < 4.78 is 1.90. The third-order valence-corrected chi connectivity index (χ3v) is 4.20. The van der Waals surface area contributed by atoms with E-state index in [0.717, 1.165) is 30.7 Å². The molecule has 0 bridgehead atoms. The summed E-state index contributed by atoms with van der Waals surface area (Å²) >= 11 is 1.78. The van der Waals surface area contributed by atoms with Crippen molar-refractivity contribution in [2.45, 2.75) is 43.7 Å². The van der Waals surface area contributed by atoms with Gasteiger partial charge in [0.2, 0.25) is 0 Å². The molecule has 1 aromatic heterocycles. The Bertz CT molecular complexity index is 348. The smallest absolute Gasteiger partial charge is 0.0939 e. The Hall–Kier alpha value is -0.520. The zero-order valence-corrected chi connectivity index (χ0v) is 11.8. The van der Waals surface area contributed by atoms with Gasteiger partial charge < -0.3 is 10.8 Å². The maximum absolute atomic E-state index is 10.0. The second-order valence-electron chi connectivity index (χ2n) is 4.48. The first-order valence-electron chi connectivity index (χ1n) is 6.06. The molecule has 1 aromatic rings. The lowest BCUT2D eigenvalue weighted by molar-refractivity contribution is 0.0360. The van der Waals surface area contributed by atoms with Crippen LogP contribution in [0.1, 0.15) is 31.9 Å². The Labute approximate surface area is 108 Å². The summed E-state index contributed by atoms with van der Waals surface area (Å²) in [5.41, 5.74) is 5.93. The van der Waals surface area contributed by atoms with Gasteiger partial charge in [0.1, 0.15) is 0 Å². The first-order valence-corrected chi connectivity index (χ1v) is 7.05. The second kappa shape index (κ2) is 6.42. The zero-order chi connectivity index (χ0) is 12.9. The Kier molecular flexibility index (Phi) is 5.49. The highest BCUT2D eigenvalue weighted by atomic mass is 32.2. The average Bonchev–Trinajstić information content (AvgIpc) is 2.63. The van der Waals surface area contributed by atoms with Crippen LogP contribution in [0.25, 0.3) is 0 Å². The van der Waals surface area contributed by atoms with Gasteiger partial charge in [-0.05, 0) is 38.0 Å². The Morgan fingerprint density at radius 2 is 2.29 bits per heavy atom. The highest BCUT2D eigenvalue weighted by molar-refractivity contribution is 7.99. The van der Waals surface area contributed by atoms with Crippen molar-refractivity contribution < 1.29 is 5.11 Å². The normalized spacial score (nSPS) is 14.9. The van der Waals surface area contributed by atoms with Crippen molar-refractivity contribution >= 4 is 11.8 Å². The zero-order valence-electron chi connectivity index (χ0n) is 10.9. The molecule has 0 radical (unpaired) electrons. The van der Waals surface area contributed by atoms with E-state index >= 15 is 0 Å². The van der Waals surface area contributed by atoms with E-state index in [0.29, 0.717) is 6.54 Å². The van der Waals surface area contributed by atoms with Crippen LogP contribution >= 0.6 is 11.8 Å². The molecule has 0 saturated carbocycles. The fourth-order valence-electron chi connectivity index (χ4n) is 1.72. The molecule has 0 amide bonds. The highest BCUT2D eigenvalue weighted by Gasteiger charge is 2.21. The van der Waals surface area contributed by atoms with Crippen molar-refractivity contribution in [3.05, 3.63) is 11.8 Å². The van der Waals surface area contributed by atoms with Crippen LogP contribution < -0.4 is 5.73 Å². The lowest BCUT2D eigenvalue weighted by Gasteiger charge is -2.24. The Morgan fingerprint density at radius 3 is 2.76 bits per heavy atom. The summed E-state index contributed by atoms with van der Waals surface area (Å²) in [7, 11) is 1.96. The molecule has 1 rings (SSSR count). The average molecular weight is 257 g/mol. The number of hydrogen-bond acceptors (Lipinski definition) is 4. The topological polar surface area (TPSA) is 64.1 Å². The van der Waals surface area contributed by atoms with Crippen LogP contribution in [-0.2, 0) is 7.05 Å². The number of aromatic nitrogens is 2. The van der Waals surface area contributed by atoms with Gasteiger partial charge in [-0.1, -0.05) is 6.92 Å². The number of nitrogens with two attached hydrogens (primary N) is 1. The summed E-state index contributed by atoms with van der Waals surface area (Å²) in [5, 5.41) is 15.5. The van der Waals surface area contributed by atoms with Gasteiger partial charge in [-0.3, -0.25) is 4.68 Å². The first kappa shape index (κ1) is 14.5. The third kappa shape index (κ3) is 4.33. The van der Waals surface area contributed by atoms with Gasteiger partial charge in [-0.25, -0.2) is 0 Å². The van der Waals surface area contributed by atoms with Crippen LogP contribution in [0.4, 0.5) is 0 Å². The minimum absolute atomic E-state index is 0.346. The SMILES string of the molecule is CCC(O)(CN)CCCSc1cc(C)nn1C. The molecule has 98 valence electrons. The third-order valence-electron chi connectivity index (χ3n) is 3.03. The molecule has 1 heterocycles. The highest BCUT2D eigenvalue weighted by Crippen LogP contribution is 2.22. The van der Waals surface area contributed by atoms with Gasteiger partial charge in [0.25, 0.3) is 0 Å². The molecular formula is C12H23N3OS. The van der Waals surface area contributed by atoms with Gasteiger partial charge in [0.05, 0.1) is 16.3 Å². The van der Waals surface area contributed by atoms with Gasteiger partial charge in [-0.15, -0.1) is 11.8 Å². The lowest BCUT2D eigenvalue weighted by Crippen LogP contribution is -2.36. The van der Waals surface area contributed by atoms with E-state index in [1.165, 1.54) is 5.03 Å². The minimum Gasteiger partial charge on any atom is -0.389 e. The summed E-state index contributed by atoms with van der Waals surface area (Å²) in [6, 6.07) is 2.08. The van der Waals surface area contributed by atoms with Crippen molar-refractivity contribution in [3.8, 4) is 0 Å². The molecule has 0 saturated heterocycles. The number of thioether (sulfide) groups is 1. The molecule has 1 unspecified atom stereocenters. The summed E-state index contributed by atoms with van der Waals surface area (Å²) in [4.78, 5) is 0. The largest absolute Gasteiger partial charge is 0.389 e. The molecule has 0 fully saturated rings. The Morgan fingerprint density at radius 1 is 1.59 bits per heavy atom. The molecule has 5 heteroatoms. The van der Waals surface area contributed by atoms with Crippen molar-refractivity contribution in [2.24, 2.45) is 12.8 Å². The van der Waals surface area contributed by atoms with Crippen molar-refractivity contribution in [1.29, 1.82) is 0 Å². The van der Waals surface area contributed by atoms with Crippen molar-refractivity contribution in [1.82, 2.24) is 9.78 Å². The number of hydrogen-bond donors (Lipinski definition) is 2. The van der Waals surface area contributed by atoms with E-state index in [4.69, 9.17) is 5.73 Å². The van der Waals surface area contributed by atoms with Crippen LogP contribution in [0.15, 0.2) is 11.1 Å². The summed E-state index contributed by atoms with van der Waals surface area (Å²) in [6.45, 7) is 4.32. The van der Waals surface area contributed by atoms with Gasteiger partial charge in [0.15, 0.2) is 0 Å². The summed E-state index contributed by atoms with van der Waals surface area (Å²) in [5.74, 6) is 0.987. The predicted molar refractivity (Wildman–Crippen MR) is 72.2 cm³/mol. The van der Waals surface area contributed by atoms with Crippen LogP contribution in [0.5, 0.6) is 0 Å². The first-order chi connectivity index (χ1) is 8.00. The Balaban J connectivity index is 2.31. The molecule has 0 aliphatic heterocycles. The molecule has 0 aliphatic carbocycles. The number of aliphatic hydroxyl groups is 1. The van der Waals surface area contributed by atoms with Crippen LogP contribution in [0, 0.1) is 6.92 Å². The summed E-state index contributed by atoms with van der Waals surface area (Å²) in [6.07, 6.45) is 2.46. The fraction of sp³-hybridized carbons (Fsp3) is 0.750. The van der Waals surface area contributed by atoms with E-state index in [1.807, 2.05) is 25.6 Å². The fourth-order valence-corrected chi connectivity index (χ4v) is 2.70. The number of nitrogens with zero attached hydrogens (tertiary/aromatic N) is 2. The number of aryl methyl sites for hydroxylation is 2. The molecule has 17 heavy (non-hydrogen) atoms. The molecule has 1 atom stereocenters. The van der Waals surface area contributed by atoms with Crippen molar-refractivity contribution in [2.75, 3.05) is 12.3 Å². The molecule has 4 nitrogen and oxygen atoms in total. The molecule has 0 spiro atoms. The van der Waals surface area contributed by atoms with Crippen LogP contribution in [0.2, 0.25) is 0 Å². The van der Waals surface area contributed by atoms with Gasteiger partial charge in [-0.2, -0.15) is 5.10 Å². The molecule has 0 aromatic carbocycles. The molecule has 0 aliphatic rings. The van der Waals surface area contributed by atoms with E-state index < -0.39 is 5.60 Å². The lowest BCUT2D eigenvalue weighted by atomic mass is 9.95. The number of rotatable bonds is 7. The molecular weight excluding hydrogens is 234 g/mol. The molecule has 3 N–H and O–H groups in total. The van der Waals surface area contributed by atoms with Crippen LogP contribution in [0.3, 0.4) is 0 Å². The van der Waals surface area contributed by atoms with Crippen molar-refractivity contribution in [3.63, 3.8) is 0 Å². The standard InChI is InChI=1S/C12H23N3OS/c1-4-12(16,9-13)6-5-7-17-11-8-10(2)14-15(11)3/h8,16H,4-7,9,13H2,1-3H3. The predicted octanol–water partition coefficient (Wildman–Crippen LogP) is 1.70. The second-order valence-corrected chi connectivity index (χ2v) is 5.60. The van der Waals surface area contributed by atoms with E-state index in [1.54, 1.807) is 11.8 Å². The van der Waals surface area contributed by atoms with Gasteiger partial charge in [0, 0.05) is 13.6 Å². The maximum atomic E-state index is 10.0. The van der Waals surface area contributed by atoms with E-state index in [9.17, 15) is 5.11 Å². The monoisotopic (exact) mass is 257 g/mol. The van der Waals surface area contributed by atoms with Gasteiger partial charge >= 0.3 is 0 Å².